The summed E-state index contributed by atoms with van der Waals surface area (Å²) in [7, 11) is 3.41. The molecule has 2 aromatic rings. The summed E-state index contributed by atoms with van der Waals surface area (Å²) in [6.45, 7) is -2.94. The molecule has 0 saturated carbocycles. The SMILES string of the molecule is CN(C)c1ccc([N+](=O)[O-])cc1C(=O)Nc1ccc(OC(F)F)cc1. The molecule has 0 saturated heterocycles. The van der Waals surface area contributed by atoms with Gasteiger partial charge in [0.2, 0.25) is 0 Å². The number of benzene rings is 2. The van der Waals surface area contributed by atoms with E-state index in [4.69, 9.17) is 0 Å². The van der Waals surface area contributed by atoms with Gasteiger partial charge in [-0.2, -0.15) is 8.78 Å². The van der Waals surface area contributed by atoms with Crippen molar-refractivity contribution in [1.82, 2.24) is 0 Å². The molecule has 0 fully saturated rings. The lowest BCUT2D eigenvalue weighted by atomic mass is 10.1. The Kier molecular flexibility index (Phi) is 5.48. The number of ether oxygens (including phenoxy) is 1. The number of carbonyl (C=O) groups excluding carboxylic acids is 1. The van der Waals surface area contributed by atoms with Crippen molar-refractivity contribution in [3.63, 3.8) is 0 Å². The molecular weight excluding hydrogens is 336 g/mol. The van der Waals surface area contributed by atoms with Gasteiger partial charge in [-0.05, 0) is 30.3 Å². The molecule has 9 heteroatoms. The summed E-state index contributed by atoms with van der Waals surface area (Å²) < 4.78 is 28.5. The number of hydrogen-bond donors (Lipinski definition) is 1. The Balaban J connectivity index is 2.25. The lowest BCUT2D eigenvalue weighted by molar-refractivity contribution is -0.384. The van der Waals surface area contributed by atoms with Crippen LogP contribution in [0.25, 0.3) is 0 Å². The Morgan fingerprint density at radius 2 is 1.84 bits per heavy atom. The summed E-state index contributed by atoms with van der Waals surface area (Å²) in [5.41, 5.74) is 0.743. The molecule has 2 rings (SSSR count). The molecule has 1 N–H and O–H groups in total. The van der Waals surface area contributed by atoms with Crippen molar-refractivity contribution in [2.24, 2.45) is 0 Å². The Morgan fingerprint density at radius 3 is 2.36 bits per heavy atom. The van der Waals surface area contributed by atoms with Gasteiger partial charge in [0.05, 0.1) is 10.5 Å². The highest BCUT2D eigenvalue weighted by molar-refractivity contribution is 6.08. The first kappa shape index (κ1) is 18.1. The molecule has 0 radical (unpaired) electrons. The summed E-state index contributed by atoms with van der Waals surface area (Å²) in [6, 6.07) is 9.31. The predicted octanol–water partition coefficient (Wildman–Crippen LogP) is 3.51. The molecule has 0 aliphatic heterocycles. The molecule has 0 aliphatic rings. The minimum atomic E-state index is -2.94. The Morgan fingerprint density at radius 1 is 1.20 bits per heavy atom. The molecule has 7 nitrogen and oxygen atoms in total. The fraction of sp³-hybridized carbons (Fsp3) is 0.188. The van der Waals surface area contributed by atoms with Gasteiger partial charge in [0.25, 0.3) is 11.6 Å². The van der Waals surface area contributed by atoms with E-state index in [9.17, 15) is 23.7 Å². The molecule has 1 amide bonds. The molecule has 2 aromatic carbocycles. The lowest BCUT2D eigenvalue weighted by Gasteiger charge is -2.17. The summed E-state index contributed by atoms with van der Waals surface area (Å²) in [4.78, 5) is 24.5. The van der Waals surface area contributed by atoms with Gasteiger partial charge in [-0.25, -0.2) is 0 Å². The number of carbonyl (C=O) groups is 1. The van der Waals surface area contributed by atoms with E-state index >= 15 is 0 Å². The molecule has 0 unspecified atom stereocenters. The van der Waals surface area contributed by atoms with Gasteiger partial charge in [0, 0.05) is 37.6 Å². The van der Waals surface area contributed by atoms with Crippen LogP contribution in [0, 0.1) is 10.1 Å². The van der Waals surface area contributed by atoms with Crippen LogP contribution in [0.4, 0.5) is 25.8 Å². The Bertz CT molecular complexity index is 779. The fourth-order valence-electron chi connectivity index (χ4n) is 2.13. The number of nitro benzene ring substituents is 1. The number of hydrogen-bond acceptors (Lipinski definition) is 5. The second-order valence-electron chi connectivity index (χ2n) is 5.21. The molecule has 132 valence electrons. The third kappa shape index (κ3) is 4.63. The van der Waals surface area contributed by atoms with E-state index in [0.29, 0.717) is 11.4 Å². The average molecular weight is 351 g/mol. The van der Waals surface area contributed by atoms with E-state index in [0.717, 1.165) is 0 Å². The lowest BCUT2D eigenvalue weighted by Crippen LogP contribution is -2.18. The molecule has 0 heterocycles. The number of halogens is 2. The molecule has 0 atom stereocenters. The maximum atomic E-state index is 12.5. The van der Waals surface area contributed by atoms with Gasteiger partial charge in [-0.3, -0.25) is 14.9 Å². The third-order valence-corrected chi connectivity index (χ3v) is 3.25. The van der Waals surface area contributed by atoms with Crippen LogP contribution in [0.15, 0.2) is 42.5 Å². The quantitative estimate of drug-likeness (QED) is 0.636. The van der Waals surface area contributed by atoms with E-state index in [1.807, 2.05) is 0 Å². The van der Waals surface area contributed by atoms with Gasteiger partial charge in [-0.1, -0.05) is 0 Å². The third-order valence-electron chi connectivity index (χ3n) is 3.25. The first-order valence-corrected chi connectivity index (χ1v) is 7.10. The largest absolute Gasteiger partial charge is 0.435 e. The number of anilines is 2. The predicted molar refractivity (Wildman–Crippen MR) is 88.5 cm³/mol. The van der Waals surface area contributed by atoms with Crippen molar-refractivity contribution < 1.29 is 23.2 Å². The minimum Gasteiger partial charge on any atom is -0.435 e. The van der Waals surface area contributed by atoms with Crippen LogP contribution in [0.5, 0.6) is 5.75 Å². The van der Waals surface area contributed by atoms with Crippen molar-refractivity contribution in [2.45, 2.75) is 6.61 Å². The normalized spacial score (nSPS) is 10.4. The minimum absolute atomic E-state index is 0.0441. The van der Waals surface area contributed by atoms with Gasteiger partial charge in [0.1, 0.15) is 5.75 Å². The molecule has 0 bridgehead atoms. The summed E-state index contributed by atoms with van der Waals surface area (Å²) in [6.07, 6.45) is 0. The number of rotatable bonds is 6. The topological polar surface area (TPSA) is 84.7 Å². The van der Waals surface area contributed by atoms with Gasteiger partial charge in [-0.15, -0.1) is 0 Å². The maximum Gasteiger partial charge on any atom is 0.387 e. The second-order valence-corrected chi connectivity index (χ2v) is 5.21. The van der Waals surface area contributed by atoms with Crippen molar-refractivity contribution in [1.29, 1.82) is 0 Å². The number of nitro groups is 1. The van der Waals surface area contributed by atoms with Gasteiger partial charge >= 0.3 is 6.61 Å². The number of nitrogens with one attached hydrogen (secondary N) is 1. The number of non-ortho nitro benzene ring substituents is 1. The zero-order valence-electron chi connectivity index (χ0n) is 13.4. The van der Waals surface area contributed by atoms with Crippen molar-refractivity contribution in [3.8, 4) is 5.75 Å². The van der Waals surface area contributed by atoms with Crippen LogP contribution in [-0.2, 0) is 0 Å². The van der Waals surface area contributed by atoms with E-state index in [1.165, 1.54) is 42.5 Å². The van der Waals surface area contributed by atoms with Crippen LogP contribution >= 0.6 is 0 Å². The van der Waals surface area contributed by atoms with E-state index in [-0.39, 0.29) is 17.0 Å². The zero-order chi connectivity index (χ0) is 18.6. The molecule has 0 aliphatic carbocycles. The standard InChI is InChI=1S/C16H15F2N3O4/c1-20(2)14-8-5-11(21(23)24)9-13(14)15(22)19-10-3-6-12(7-4-10)25-16(17)18/h3-9,16H,1-2H3,(H,19,22). The van der Waals surface area contributed by atoms with Crippen LogP contribution < -0.4 is 15.0 Å². The molecule has 25 heavy (non-hydrogen) atoms. The summed E-state index contributed by atoms with van der Waals surface area (Å²) in [5, 5.41) is 13.5. The highest BCUT2D eigenvalue weighted by Crippen LogP contribution is 2.26. The van der Waals surface area contributed by atoms with E-state index < -0.39 is 17.4 Å². The smallest absolute Gasteiger partial charge is 0.387 e. The van der Waals surface area contributed by atoms with Gasteiger partial charge < -0.3 is 15.0 Å². The molecule has 0 spiro atoms. The zero-order valence-corrected chi connectivity index (χ0v) is 13.4. The highest BCUT2D eigenvalue weighted by Gasteiger charge is 2.18. The van der Waals surface area contributed by atoms with Gasteiger partial charge in [0.15, 0.2) is 0 Å². The van der Waals surface area contributed by atoms with Crippen LogP contribution in [0.3, 0.4) is 0 Å². The highest BCUT2D eigenvalue weighted by atomic mass is 19.3. The number of alkyl halides is 2. The fourth-order valence-corrected chi connectivity index (χ4v) is 2.13. The van der Waals surface area contributed by atoms with Crippen molar-refractivity contribution >= 4 is 23.0 Å². The molecule has 0 aromatic heterocycles. The first-order valence-electron chi connectivity index (χ1n) is 7.10. The number of nitrogens with zero attached hydrogens (tertiary/aromatic N) is 2. The summed E-state index contributed by atoms with van der Waals surface area (Å²) in [5.74, 6) is -0.604. The van der Waals surface area contributed by atoms with Crippen molar-refractivity contribution in [3.05, 3.63) is 58.1 Å². The molecular formula is C16H15F2N3O4. The maximum absolute atomic E-state index is 12.5. The Labute approximate surface area is 142 Å². The number of amides is 1. The van der Waals surface area contributed by atoms with Crippen molar-refractivity contribution in [2.75, 3.05) is 24.3 Å². The second kappa shape index (κ2) is 7.56. The average Bonchev–Trinajstić information content (AvgIpc) is 2.55. The van der Waals surface area contributed by atoms with E-state index in [1.54, 1.807) is 19.0 Å². The Hall–Kier alpha value is -3.23. The van der Waals surface area contributed by atoms with E-state index in [2.05, 4.69) is 10.1 Å². The van der Waals surface area contributed by atoms with Crippen LogP contribution in [0.2, 0.25) is 0 Å². The van der Waals surface area contributed by atoms with Crippen LogP contribution in [0.1, 0.15) is 10.4 Å². The monoisotopic (exact) mass is 351 g/mol. The summed E-state index contributed by atoms with van der Waals surface area (Å²) >= 11 is 0. The first-order chi connectivity index (χ1) is 11.8. The van der Waals surface area contributed by atoms with Crippen LogP contribution in [-0.4, -0.2) is 31.5 Å².